The SMILES string of the molecule is CN1CCN(Cc2cccc(-c3cncnc3)c2)CC1Cc1ccccc1.O=C(O)C(F)(F)F. The van der Waals surface area contributed by atoms with E-state index in [1.807, 2.05) is 12.4 Å². The van der Waals surface area contributed by atoms with E-state index in [9.17, 15) is 13.2 Å². The number of alkyl halides is 3. The molecule has 0 bridgehead atoms. The standard InChI is InChI=1S/C23H26N4.C2HF3O2/c1-26-10-11-27(17-23(26)13-19-6-3-2-4-7-19)16-20-8-5-9-21(12-20)22-14-24-18-25-15-22;3-2(4,5)1(6)7/h2-9,12,14-15,18,23H,10-11,13,16-17H2,1H3;(H,6,7). The lowest BCUT2D eigenvalue weighted by atomic mass is 10.0. The number of nitrogens with zero attached hydrogens (tertiary/aromatic N) is 4. The van der Waals surface area contributed by atoms with Gasteiger partial charge in [-0.15, -0.1) is 0 Å². The minimum Gasteiger partial charge on any atom is -0.475 e. The molecule has 2 heterocycles. The van der Waals surface area contributed by atoms with E-state index >= 15 is 0 Å². The maximum absolute atomic E-state index is 10.6. The minimum atomic E-state index is -5.08. The average molecular weight is 473 g/mol. The van der Waals surface area contributed by atoms with Gasteiger partial charge in [0.05, 0.1) is 0 Å². The largest absolute Gasteiger partial charge is 0.490 e. The lowest BCUT2D eigenvalue weighted by Crippen LogP contribution is -2.51. The molecule has 0 spiro atoms. The summed E-state index contributed by atoms with van der Waals surface area (Å²) < 4.78 is 31.7. The first-order chi connectivity index (χ1) is 16.2. The summed E-state index contributed by atoms with van der Waals surface area (Å²) in [6.07, 6.45) is 1.34. The summed E-state index contributed by atoms with van der Waals surface area (Å²) in [5.41, 5.74) is 5.02. The van der Waals surface area contributed by atoms with Crippen LogP contribution in [-0.2, 0) is 17.8 Å². The van der Waals surface area contributed by atoms with Crippen molar-refractivity contribution in [2.45, 2.75) is 25.2 Å². The number of benzene rings is 2. The molecule has 9 heteroatoms. The molecule has 0 saturated carbocycles. The number of carboxylic acid groups (broad SMARTS) is 1. The van der Waals surface area contributed by atoms with E-state index in [4.69, 9.17) is 9.90 Å². The van der Waals surface area contributed by atoms with E-state index in [0.717, 1.165) is 38.2 Å². The number of carboxylic acids is 1. The molecule has 1 unspecified atom stereocenters. The highest BCUT2D eigenvalue weighted by atomic mass is 19.4. The summed E-state index contributed by atoms with van der Waals surface area (Å²) in [6.45, 7) is 4.31. The van der Waals surface area contributed by atoms with Crippen LogP contribution in [0.15, 0.2) is 73.3 Å². The molecular formula is C25H27F3N4O2. The maximum atomic E-state index is 10.6. The van der Waals surface area contributed by atoms with Gasteiger partial charge in [-0.05, 0) is 36.2 Å². The number of hydrogen-bond acceptors (Lipinski definition) is 5. The molecule has 34 heavy (non-hydrogen) atoms. The Kier molecular flexibility index (Phi) is 8.72. The summed E-state index contributed by atoms with van der Waals surface area (Å²) >= 11 is 0. The van der Waals surface area contributed by atoms with Gasteiger partial charge in [-0.3, -0.25) is 4.90 Å². The second-order valence-corrected chi connectivity index (χ2v) is 8.19. The second kappa shape index (κ2) is 11.7. The Morgan fingerprint density at radius 1 is 1.00 bits per heavy atom. The van der Waals surface area contributed by atoms with Crippen LogP contribution in [0.4, 0.5) is 13.2 Å². The van der Waals surface area contributed by atoms with Crippen LogP contribution in [0.1, 0.15) is 11.1 Å². The average Bonchev–Trinajstić information content (AvgIpc) is 2.82. The molecule has 2 aromatic carbocycles. The van der Waals surface area contributed by atoms with Gasteiger partial charge in [0.25, 0.3) is 0 Å². The molecule has 3 aromatic rings. The smallest absolute Gasteiger partial charge is 0.475 e. The Balaban J connectivity index is 0.000000406. The lowest BCUT2D eigenvalue weighted by Gasteiger charge is -2.39. The van der Waals surface area contributed by atoms with E-state index in [1.54, 1.807) is 6.33 Å². The number of carbonyl (C=O) groups is 1. The van der Waals surface area contributed by atoms with Crippen molar-refractivity contribution in [3.05, 3.63) is 84.4 Å². The van der Waals surface area contributed by atoms with Crippen molar-refractivity contribution in [3.63, 3.8) is 0 Å². The number of aliphatic carboxylic acids is 1. The highest BCUT2D eigenvalue weighted by molar-refractivity contribution is 5.73. The van der Waals surface area contributed by atoms with Crippen LogP contribution >= 0.6 is 0 Å². The van der Waals surface area contributed by atoms with Crippen LogP contribution in [0.2, 0.25) is 0 Å². The second-order valence-electron chi connectivity index (χ2n) is 8.19. The van der Waals surface area contributed by atoms with Crippen molar-refractivity contribution < 1.29 is 23.1 Å². The molecule has 1 aliphatic rings. The summed E-state index contributed by atoms with van der Waals surface area (Å²) in [4.78, 5) is 22.2. The number of hydrogen-bond donors (Lipinski definition) is 1. The summed E-state index contributed by atoms with van der Waals surface area (Å²) in [7, 11) is 2.25. The summed E-state index contributed by atoms with van der Waals surface area (Å²) in [6, 6.07) is 20.1. The first-order valence-corrected chi connectivity index (χ1v) is 10.8. The van der Waals surface area contributed by atoms with E-state index in [-0.39, 0.29) is 0 Å². The van der Waals surface area contributed by atoms with Gasteiger partial charge in [0.1, 0.15) is 6.33 Å². The number of halogens is 3. The van der Waals surface area contributed by atoms with Crippen molar-refractivity contribution in [2.75, 3.05) is 26.7 Å². The fourth-order valence-corrected chi connectivity index (χ4v) is 3.82. The zero-order valence-electron chi connectivity index (χ0n) is 18.8. The van der Waals surface area contributed by atoms with E-state index in [0.29, 0.717) is 6.04 Å². The third kappa shape index (κ3) is 7.64. The Morgan fingerprint density at radius 3 is 2.29 bits per heavy atom. The normalized spacial score (nSPS) is 17.0. The van der Waals surface area contributed by atoms with Gasteiger partial charge in [0.2, 0.25) is 0 Å². The zero-order chi connectivity index (χ0) is 24.6. The van der Waals surface area contributed by atoms with Gasteiger partial charge in [0.15, 0.2) is 0 Å². The van der Waals surface area contributed by atoms with Crippen LogP contribution in [0, 0.1) is 0 Å². The molecule has 1 fully saturated rings. The molecule has 1 N–H and O–H groups in total. The van der Waals surface area contributed by atoms with Crippen LogP contribution in [0.5, 0.6) is 0 Å². The first-order valence-electron chi connectivity index (χ1n) is 10.8. The molecule has 1 aliphatic heterocycles. The van der Waals surface area contributed by atoms with Crippen molar-refractivity contribution >= 4 is 5.97 Å². The predicted molar refractivity (Wildman–Crippen MR) is 123 cm³/mol. The Hall–Kier alpha value is -3.30. The van der Waals surface area contributed by atoms with Crippen molar-refractivity contribution in [3.8, 4) is 11.1 Å². The number of aromatic nitrogens is 2. The monoisotopic (exact) mass is 472 g/mol. The quantitative estimate of drug-likeness (QED) is 0.602. The summed E-state index contributed by atoms with van der Waals surface area (Å²) in [5.74, 6) is -2.76. The van der Waals surface area contributed by atoms with E-state index in [1.165, 1.54) is 16.7 Å². The molecule has 0 aliphatic carbocycles. The Labute approximate surface area is 196 Å². The fourth-order valence-electron chi connectivity index (χ4n) is 3.82. The number of likely N-dealkylation sites (N-methyl/N-ethyl adjacent to an activating group) is 1. The van der Waals surface area contributed by atoms with E-state index in [2.05, 4.69) is 81.4 Å². The van der Waals surface area contributed by atoms with Crippen LogP contribution < -0.4 is 0 Å². The van der Waals surface area contributed by atoms with Gasteiger partial charge < -0.3 is 10.0 Å². The van der Waals surface area contributed by atoms with Gasteiger partial charge in [-0.1, -0.05) is 48.5 Å². The third-order valence-corrected chi connectivity index (χ3v) is 5.64. The van der Waals surface area contributed by atoms with Gasteiger partial charge in [-0.25, -0.2) is 14.8 Å². The molecule has 1 saturated heterocycles. The number of rotatable bonds is 5. The minimum absolute atomic E-state index is 0.562. The van der Waals surface area contributed by atoms with Crippen molar-refractivity contribution in [2.24, 2.45) is 0 Å². The summed E-state index contributed by atoms with van der Waals surface area (Å²) in [5, 5.41) is 7.12. The van der Waals surface area contributed by atoms with Gasteiger partial charge >= 0.3 is 12.1 Å². The van der Waals surface area contributed by atoms with Crippen LogP contribution in [-0.4, -0.2) is 69.7 Å². The first kappa shape index (κ1) is 25.3. The molecule has 6 nitrogen and oxygen atoms in total. The molecule has 1 atom stereocenters. The molecule has 1 aromatic heterocycles. The van der Waals surface area contributed by atoms with Crippen molar-refractivity contribution in [1.29, 1.82) is 0 Å². The molecule has 0 radical (unpaired) electrons. The fraction of sp³-hybridized carbons (Fsp3) is 0.320. The topological polar surface area (TPSA) is 69.6 Å². The Bertz CT molecular complexity index is 1050. The van der Waals surface area contributed by atoms with Crippen LogP contribution in [0.3, 0.4) is 0 Å². The van der Waals surface area contributed by atoms with Crippen LogP contribution in [0.25, 0.3) is 11.1 Å². The number of piperazine rings is 1. The maximum Gasteiger partial charge on any atom is 0.490 e. The van der Waals surface area contributed by atoms with Gasteiger partial charge in [-0.2, -0.15) is 13.2 Å². The molecule has 4 rings (SSSR count). The highest BCUT2D eigenvalue weighted by Crippen LogP contribution is 2.21. The van der Waals surface area contributed by atoms with Gasteiger partial charge in [0, 0.05) is 50.2 Å². The predicted octanol–water partition coefficient (Wildman–Crippen LogP) is 4.14. The lowest BCUT2D eigenvalue weighted by molar-refractivity contribution is -0.192. The molecule has 180 valence electrons. The third-order valence-electron chi connectivity index (χ3n) is 5.64. The Morgan fingerprint density at radius 2 is 1.65 bits per heavy atom. The van der Waals surface area contributed by atoms with Crippen molar-refractivity contribution in [1.82, 2.24) is 19.8 Å². The highest BCUT2D eigenvalue weighted by Gasteiger charge is 2.38. The molecular weight excluding hydrogens is 445 g/mol. The molecule has 0 amide bonds. The van der Waals surface area contributed by atoms with E-state index < -0.39 is 12.1 Å². The zero-order valence-corrected chi connectivity index (χ0v) is 18.8.